The third-order valence-electron chi connectivity index (χ3n) is 3.31. The van der Waals surface area contributed by atoms with Gasteiger partial charge in [0.2, 0.25) is 5.91 Å². The Hall–Kier alpha value is -1.93. The number of thioether (sulfide) groups is 1. The molecule has 2 aromatic rings. The molecule has 8 heteroatoms. The van der Waals surface area contributed by atoms with Crippen LogP contribution in [-0.4, -0.2) is 46.7 Å². The standard InChI is InChI=1S/C16H21FN4O2S/c1-23-10-2-9-21-12-19-20-16(21)24-11-15(22)18-8-7-13-3-5-14(17)6-4-13/h3-6,12H,2,7-11H2,1H3,(H,18,22). The van der Waals surface area contributed by atoms with Crippen molar-refractivity contribution in [3.63, 3.8) is 0 Å². The number of carbonyl (C=O) groups excluding carboxylic acids is 1. The Balaban J connectivity index is 1.67. The minimum Gasteiger partial charge on any atom is -0.385 e. The first-order valence-electron chi connectivity index (χ1n) is 7.69. The molecule has 24 heavy (non-hydrogen) atoms. The quantitative estimate of drug-likeness (QED) is 0.522. The fourth-order valence-corrected chi connectivity index (χ4v) is 2.84. The highest BCUT2D eigenvalue weighted by atomic mass is 32.2. The van der Waals surface area contributed by atoms with Gasteiger partial charge >= 0.3 is 0 Å². The van der Waals surface area contributed by atoms with Crippen molar-refractivity contribution in [2.24, 2.45) is 0 Å². The van der Waals surface area contributed by atoms with Crippen LogP contribution >= 0.6 is 11.8 Å². The smallest absolute Gasteiger partial charge is 0.230 e. The van der Waals surface area contributed by atoms with E-state index in [2.05, 4.69) is 15.5 Å². The number of aromatic nitrogens is 3. The number of nitrogens with zero attached hydrogens (tertiary/aromatic N) is 3. The maximum atomic E-state index is 12.8. The Morgan fingerprint density at radius 2 is 2.17 bits per heavy atom. The van der Waals surface area contributed by atoms with Gasteiger partial charge in [-0.25, -0.2) is 4.39 Å². The number of rotatable bonds is 10. The zero-order valence-electron chi connectivity index (χ0n) is 13.6. The van der Waals surface area contributed by atoms with E-state index in [1.165, 1.54) is 23.9 Å². The summed E-state index contributed by atoms with van der Waals surface area (Å²) >= 11 is 1.35. The van der Waals surface area contributed by atoms with Crippen LogP contribution in [0.4, 0.5) is 4.39 Å². The molecule has 6 nitrogen and oxygen atoms in total. The van der Waals surface area contributed by atoms with Gasteiger partial charge in [0.25, 0.3) is 0 Å². The summed E-state index contributed by atoms with van der Waals surface area (Å²) in [4.78, 5) is 11.9. The van der Waals surface area contributed by atoms with E-state index in [0.29, 0.717) is 19.6 Å². The SMILES string of the molecule is COCCCn1cnnc1SCC(=O)NCCc1ccc(F)cc1. The average Bonchev–Trinajstić information content (AvgIpc) is 3.02. The van der Waals surface area contributed by atoms with Crippen molar-refractivity contribution < 1.29 is 13.9 Å². The molecule has 0 saturated carbocycles. The zero-order valence-corrected chi connectivity index (χ0v) is 14.4. The van der Waals surface area contributed by atoms with Gasteiger partial charge in [-0.2, -0.15) is 0 Å². The van der Waals surface area contributed by atoms with Crippen LogP contribution in [0, 0.1) is 5.82 Å². The molecule has 1 N–H and O–H groups in total. The van der Waals surface area contributed by atoms with E-state index >= 15 is 0 Å². The minimum atomic E-state index is -0.256. The summed E-state index contributed by atoms with van der Waals surface area (Å²) in [7, 11) is 1.66. The first kappa shape index (κ1) is 18.4. The number of aryl methyl sites for hydroxylation is 1. The average molecular weight is 352 g/mol. The number of hydrogen-bond donors (Lipinski definition) is 1. The van der Waals surface area contributed by atoms with E-state index in [1.807, 2.05) is 4.57 Å². The maximum absolute atomic E-state index is 12.8. The van der Waals surface area contributed by atoms with E-state index in [9.17, 15) is 9.18 Å². The van der Waals surface area contributed by atoms with E-state index in [-0.39, 0.29) is 17.5 Å². The number of halogens is 1. The topological polar surface area (TPSA) is 69.0 Å². The lowest BCUT2D eigenvalue weighted by Gasteiger charge is -2.07. The van der Waals surface area contributed by atoms with Crippen LogP contribution in [0.1, 0.15) is 12.0 Å². The van der Waals surface area contributed by atoms with Crippen molar-refractivity contribution in [1.82, 2.24) is 20.1 Å². The van der Waals surface area contributed by atoms with Gasteiger partial charge in [0.1, 0.15) is 12.1 Å². The molecule has 0 aliphatic rings. The second-order valence-corrected chi connectivity index (χ2v) is 6.11. The van der Waals surface area contributed by atoms with Gasteiger partial charge in [-0.1, -0.05) is 23.9 Å². The summed E-state index contributed by atoms with van der Waals surface area (Å²) in [6.45, 7) is 1.95. The highest BCUT2D eigenvalue weighted by Gasteiger charge is 2.08. The van der Waals surface area contributed by atoms with Crippen LogP contribution < -0.4 is 5.32 Å². The number of methoxy groups -OCH3 is 1. The lowest BCUT2D eigenvalue weighted by Crippen LogP contribution is -2.27. The van der Waals surface area contributed by atoms with Crippen molar-refractivity contribution in [1.29, 1.82) is 0 Å². The van der Waals surface area contributed by atoms with Gasteiger partial charge in [0.15, 0.2) is 5.16 Å². The predicted molar refractivity (Wildman–Crippen MR) is 90.4 cm³/mol. The fourth-order valence-electron chi connectivity index (χ4n) is 2.07. The lowest BCUT2D eigenvalue weighted by molar-refractivity contribution is -0.118. The van der Waals surface area contributed by atoms with Crippen LogP contribution in [0.15, 0.2) is 35.7 Å². The highest BCUT2D eigenvalue weighted by Crippen LogP contribution is 2.14. The van der Waals surface area contributed by atoms with Gasteiger partial charge in [-0.05, 0) is 30.5 Å². The first-order valence-corrected chi connectivity index (χ1v) is 8.68. The van der Waals surface area contributed by atoms with Crippen molar-refractivity contribution in [2.45, 2.75) is 24.5 Å². The lowest BCUT2D eigenvalue weighted by atomic mass is 10.1. The molecule has 0 aliphatic heterocycles. The minimum absolute atomic E-state index is 0.0615. The first-order chi connectivity index (χ1) is 11.7. The second-order valence-electron chi connectivity index (χ2n) is 5.17. The van der Waals surface area contributed by atoms with Crippen LogP contribution in [0.2, 0.25) is 0 Å². The molecule has 0 saturated heterocycles. The molecule has 0 bridgehead atoms. The number of nitrogens with one attached hydrogen (secondary N) is 1. The Labute approximate surface area is 144 Å². The molecule has 1 aromatic carbocycles. The Bertz CT molecular complexity index is 633. The Morgan fingerprint density at radius 1 is 1.38 bits per heavy atom. The van der Waals surface area contributed by atoms with Crippen molar-refractivity contribution in [3.05, 3.63) is 42.0 Å². The molecule has 0 atom stereocenters. The van der Waals surface area contributed by atoms with E-state index in [4.69, 9.17) is 4.74 Å². The number of amides is 1. The predicted octanol–water partition coefficient (Wildman–Crippen LogP) is 1.90. The molecule has 0 aliphatic carbocycles. The summed E-state index contributed by atoms with van der Waals surface area (Å²) in [6.07, 6.45) is 3.19. The van der Waals surface area contributed by atoms with Gasteiger partial charge in [-0.15, -0.1) is 10.2 Å². The molecule has 0 fully saturated rings. The monoisotopic (exact) mass is 352 g/mol. The molecule has 0 radical (unpaired) electrons. The van der Waals surface area contributed by atoms with Gasteiger partial charge in [-0.3, -0.25) is 4.79 Å². The third-order valence-corrected chi connectivity index (χ3v) is 4.29. The number of carbonyl (C=O) groups is 1. The van der Waals surface area contributed by atoms with Crippen LogP contribution in [0.3, 0.4) is 0 Å². The van der Waals surface area contributed by atoms with Crippen LogP contribution in [0.25, 0.3) is 0 Å². The highest BCUT2D eigenvalue weighted by molar-refractivity contribution is 7.99. The largest absolute Gasteiger partial charge is 0.385 e. The van der Waals surface area contributed by atoms with E-state index < -0.39 is 0 Å². The van der Waals surface area contributed by atoms with E-state index in [1.54, 1.807) is 25.6 Å². The summed E-state index contributed by atoms with van der Waals surface area (Å²) < 4.78 is 19.7. The zero-order chi connectivity index (χ0) is 17.2. The van der Waals surface area contributed by atoms with Crippen LogP contribution in [-0.2, 0) is 22.5 Å². The normalized spacial score (nSPS) is 10.8. The molecular weight excluding hydrogens is 331 g/mol. The number of ether oxygens (including phenoxy) is 1. The van der Waals surface area contributed by atoms with Crippen molar-refractivity contribution in [2.75, 3.05) is 26.0 Å². The second kappa shape index (κ2) is 10.0. The third kappa shape index (κ3) is 6.29. The van der Waals surface area contributed by atoms with Crippen molar-refractivity contribution in [3.8, 4) is 0 Å². The molecule has 130 valence electrons. The molecule has 0 spiro atoms. The molecule has 2 rings (SSSR count). The molecule has 1 aromatic heterocycles. The summed E-state index contributed by atoms with van der Waals surface area (Å²) in [5, 5.41) is 11.5. The Morgan fingerprint density at radius 3 is 2.92 bits per heavy atom. The molecular formula is C16H21FN4O2S. The summed E-state index contributed by atoms with van der Waals surface area (Å²) in [5.41, 5.74) is 0.988. The summed E-state index contributed by atoms with van der Waals surface area (Å²) in [5.74, 6) is -0.0332. The van der Waals surface area contributed by atoms with Gasteiger partial charge in [0, 0.05) is 26.8 Å². The maximum Gasteiger partial charge on any atom is 0.230 e. The Kier molecular flexibility index (Phi) is 7.70. The summed E-state index contributed by atoms with van der Waals surface area (Å²) in [6, 6.07) is 6.28. The van der Waals surface area contributed by atoms with Crippen LogP contribution in [0.5, 0.6) is 0 Å². The van der Waals surface area contributed by atoms with E-state index in [0.717, 1.165) is 23.7 Å². The van der Waals surface area contributed by atoms with Crippen molar-refractivity contribution >= 4 is 17.7 Å². The fraction of sp³-hybridized carbons (Fsp3) is 0.438. The number of hydrogen-bond acceptors (Lipinski definition) is 5. The van der Waals surface area contributed by atoms with Gasteiger partial charge in [0.05, 0.1) is 5.75 Å². The van der Waals surface area contributed by atoms with Gasteiger partial charge < -0.3 is 14.6 Å². The molecule has 1 heterocycles. The molecule has 0 unspecified atom stereocenters. The number of benzene rings is 1. The molecule has 1 amide bonds.